The number of carbonyl (C=O) groups is 1. The van der Waals surface area contributed by atoms with Crippen molar-refractivity contribution in [2.45, 2.75) is 58.3 Å². The van der Waals surface area contributed by atoms with Crippen molar-refractivity contribution in [1.29, 1.82) is 0 Å². The van der Waals surface area contributed by atoms with Crippen molar-refractivity contribution in [2.75, 3.05) is 6.54 Å². The van der Waals surface area contributed by atoms with Crippen LogP contribution < -0.4 is 5.32 Å². The summed E-state index contributed by atoms with van der Waals surface area (Å²) in [6, 6.07) is 8.68. The van der Waals surface area contributed by atoms with Crippen molar-refractivity contribution in [3.63, 3.8) is 0 Å². The second-order valence-electron chi connectivity index (χ2n) is 7.51. The van der Waals surface area contributed by atoms with Gasteiger partial charge < -0.3 is 9.84 Å². The number of rotatable bonds is 7. The van der Waals surface area contributed by atoms with Gasteiger partial charge in [-0.3, -0.25) is 4.79 Å². The number of amides is 1. The Hall–Kier alpha value is -2.17. The molecule has 1 N–H and O–H groups in total. The van der Waals surface area contributed by atoms with Gasteiger partial charge in [-0.1, -0.05) is 57.1 Å². The predicted molar refractivity (Wildman–Crippen MR) is 96.5 cm³/mol. The van der Waals surface area contributed by atoms with Gasteiger partial charge in [-0.2, -0.15) is 4.98 Å². The fraction of sp³-hybridized carbons (Fsp3) is 0.550. The summed E-state index contributed by atoms with van der Waals surface area (Å²) in [6.07, 6.45) is 1.51. The summed E-state index contributed by atoms with van der Waals surface area (Å²) >= 11 is 0. The third-order valence-electron chi connectivity index (χ3n) is 4.80. The lowest BCUT2D eigenvalue weighted by Gasteiger charge is -2.07. The van der Waals surface area contributed by atoms with Crippen LogP contribution in [0.2, 0.25) is 0 Å². The molecule has 1 aliphatic rings. The average molecular weight is 341 g/mol. The van der Waals surface area contributed by atoms with Gasteiger partial charge in [0.1, 0.15) is 0 Å². The second kappa shape index (κ2) is 7.38. The SMILES string of the molecule is CC(C)c1ccc([C@@H]2C[C@@H]2C(=O)NCCc2nc(C(C)C)no2)cc1. The molecular formula is C20H27N3O2. The Kier molecular flexibility index (Phi) is 5.21. The van der Waals surface area contributed by atoms with Crippen LogP contribution in [-0.2, 0) is 11.2 Å². The minimum Gasteiger partial charge on any atom is -0.355 e. The molecule has 0 bridgehead atoms. The van der Waals surface area contributed by atoms with Crippen molar-refractivity contribution in [3.05, 3.63) is 47.1 Å². The van der Waals surface area contributed by atoms with Gasteiger partial charge in [0, 0.05) is 24.8 Å². The molecule has 5 nitrogen and oxygen atoms in total. The fourth-order valence-corrected chi connectivity index (χ4v) is 3.01. The first-order valence-corrected chi connectivity index (χ1v) is 9.15. The first-order chi connectivity index (χ1) is 12.0. The van der Waals surface area contributed by atoms with E-state index in [1.807, 2.05) is 13.8 Å². The summed E-state index contributed by atoms with van der Waals surface area (Å²) in [5.74, 6) is 2.67. The molecule has 1 aromatic heterocycles. The van der Waals surface area contributed by atoms with E-state index in [1.165, 1.54) is 11.1 Å². The van der Waals surface area contributed by atoms with Gasteiger partial charge in [0.2, 0.25) is 11.8 Å². The molecule has 3 rings (SSSR count). The monoisotopic (exact) mass is 341 g/mol. The third-order valence-corrected chi connectivity index (χ3v) is 4.80. The minimum atomic E-state index is 0.0961. The third kappa shape index (κ3) is 4.27. The molecular weight excluding hydrogens is 314 g/mol. The Bertz CT molecular complexity index is 719. The van der Waals surface area contributed by atoms with Crippen LogP contribution >= 0.6 is 0 Å². The minimum absolute atomic E-state index is 0.0961. The Balaban J connectivity index is 1.45. The zero-order valence-corrected chi connectivity index (χ0v) is 15.5. The molecule has 5 heteroatoms. The van der Waals surface area contributed by atoms with E-state index in [0.717, 1.165) is 6.42 Å². The van der Waals surface area contributed by atoms with Gasteiger partial charge in [0.05, 0.1) is 0 Å². The van der Waals surface area contributed by atoms with E-state index < -0.39 is 0 Å². The molecule has 0 aliphatic heterocycles. The summed E-state index contributed by atoms with van der Waals surface area (Å²) in [5, 5.41) is 6.93. The van der Waals surface area contributed by atoms with Gasteiger partial charge in [0.15, 0.2) is 5.82 Å². The Morgan fingerprint density at radius 2 is 1.92 bits per heavy atom. The maximum atomic E-state index is 12.3. The number of carbonyl (C=O) groups excluding carboxylic acids is 1. The molecule has 1 heterocycles. The smallest absolute Gasteiger partial charge is 0.228 e. The molecule has 1 aliphatic carbocycles. The summed E-state index contributed by atoms with van der Waals surface area (Å²) in [4.78, 5) is 16.6. The molecule has 0 radical (unpaired) electrons. The first kappa shape index (κ1) is 17.6. The van der Waals surface area contributed by atoms with E-state index in [1.54, 1.807) is 0 Å². The molecule has 0 spiro atoms. The lowest BCUT2D eigenvalue weighted by Crippen LogP contribution is -2.27. The number of nitrogens with one attached hydrogen (secondary N) is 1. The van der Waals surface area contributed by atoms with Gasteiger partial charge >= 0.3 is 0 Å². The Morgan fingerprint density at radius 3 is 2.52 bits per heavy atom. The summed E-state index contributed by atoms with van der Waals surface area (Å²) < 4.78 is 5.19. The van der Waals surface area contributed by atoms with Gasteiger partial charge in [-0.15, -0.1) is 0 Å². The maximum Gasteiger partial charge on any atom is 0.228 e. The highest BCUT2D eigenvalue weighted by Gasteiger charge is 2.43. The zero-order chi connectivity index (χ0) is 18.0. The molecule has 134 valence electrons. The Morgan fingerprint density at radius 1 is 1.20 bits per heavy atom. The van der Waals surface area contributed by atoms with Gasteiger partial charge in [-0.05, 0) is 29.4 Å². The van der Waals surface area contributed by atoms with Crippen LogP contribution in [0.15, 0.2) is 28.8 Å². The number of aromatic nitrogens is 2. The molecule has 2 atom stereocenters. The topological polar surface area (TPSA) is 68.0 Å². The summed E-state index contributed by atoms with van der Waals surface area (Å²) in [7, 11) is 0. The number of benzene rings is 1. The van der Waals surface area contributed by atoms with Crippen molar-refractivity contribution in [3.8, 4) is 0 Å². The number of hydrogen-bond donors (Lipinski definition) is 1. The quantitative estimate of drug-likeness (QED) is 0.832. The van der Waals surface area contributed by atoms with E-state index in [-0.39, 0.29) is 17.7 Å². The van der Waals surface area contributed by atoms with E-state index >= 15 is 0 Å². The molecule has 1 fully saturated rings. The normalized spacial score (nSPS) is 19.4. The lowest BCUT2D eigenvalue weighted by atomic mass is 10.00. The highest BCUT2D eigenvalue weighted by atomic mass is 16.5. The fourth-order valence-electron chi connectivity index (χ4n) is 3.01. The molecule has 1 saturated carbocycles. The van der Waals surface area contributed by atoms with E-state index in [4.69, 9.17) is 4.52 Å². The first-order valence-electron chi connectivity index (χ1n) is 9.15. The van der Waals surface area contributed by atoms with Gasteiger partial charge in [0.25, 0.3) is 0 Å². The summed E-state index contributed by atoms with van der Waals surface area (Å²) in [5.41, 5.74) is 2.61. The van der Waals surface area contributed by atoms with Crippen LogP contribution in [0.3, 0.4) is 0 Å². The van der Waals surface area contributed by atoms with Crippen molar-refractivity contribution in [2.24, 2.45) is 5.92 Å². The lowest BCUT2D eigenvalue weighted by molar-refractivity contribution is -0.122. The average Bonchev–Trinajstić information content (AvgIpc) is 3.25. The molecule has 1 aromatic carbocycles. The van der Waals surface area contributed by atoms with Crippen molar-refractivity contribution < 1.29 is 9.32 Å². The Labute approximate surface area is 149 Å². The molecule has 1 amide bonds. The molecule has 0 saturated heterocycles. The highest BCUT2D eigenvalue weighted by molar-refractivity contribution is 5.82. The van der Waals surface area contributed by atoms with E-state index in [0.29, 0.717) is 36.5 Å². The zero-order valence-electron chi connectivity index (χ0n) is 15.5. The van der Waals surface area contributed by atoms with Crippen LogP contribution in [0.5, 0.6) is 0 Å². The summed E-state index contributed by atoms with van der Waals surface area (Å²) in [6.45, 7) is 8.97. The largest absolute Gasteiger partial charge is 0.355 e. The predicted octanol–water partition coefficient (Wildman–Crippen LogP) is 3.78. The van der Waals surface area contributed by atoms with Gasteiger partial charge in [-0.25, -0.2) is 0 Å². The van der Waals surface area contributed by atoms with Crippen LogP contribution in [-0.4, -0.2) is 22.6 Å². The van der Waals surface area contributed by atoms with E-state index in [9.17, 15) is 4.79 Å². The number of nitrogens with zero attached hydrogens (tertiary/aromatic N) is 2. The van der Waals surface area contributed by atoms with Crippen molar-refractivity contribution >= 4 is 5.91 Å². The van der Waals surface area contributed by atoms with Crippen LogP contribution in [0.4, 0.5) is 0 Å². The number of hydrogen-bond acceptors (Lipinski definition) is 4. The van der Waals surface area contributed by atoms with Crippen LogP contribution in [0.25, 0.3) is 0 Å². The second-order valence-corrected chi connectivity index (χ2v) is 7.51. The van der Waals surface area contributed by atoms with Crippen LogP contribution in [0, 0.1) is 5.92 Å². The molecule has 25 heavy (non-hydrogen) atoms. The maximum absolute atomic E-state index is 12.3. The van der Waals surface area contributed by atoms with Crippen molar-refractivity contribution in [1.82, 2.24) is 15.5 Å². The standard InChI is InChI=1S/C20H27N3O2/c1-12(2)14-5-7-15(8-6-14)16-11-17(16)20(24)21-10-9-18-22-19(13(3)4)23-25-18/h5-8,12-13,16-17H,9-11H2,1-4H3,(H,21,24)/t16-,17-/m0/s1. The highest BCUT2D eigenvalue weighted by Crippen LogP contribution is 2.47. The van der Waals surface area contributed by atoms with Crippen LogP contribution in [0.1, 0.15) is 74.7 Å². The molecule has 2 aromatic rings. The molecule has 0 unspecified atom stereocenters. The van der Waals surface area contributed by atoms with E-state index in [2.05, 4.69) is 53.6 Å².